The number of carbonyl (C=O) groups excluding carboxylic acids is 2. The molecule has 1 aromatic carbocycles. The molecule has 3 N–H and O–H groups in total. The van der Waals surface area contributed by atoms with Crippen molar-refractivity contribution in [1.82, 2.24) is 4.90 Å². The number of carbonyl (C=O) groups is 2. The van der Waals surface area contributed by atoms with Gasteiger partial charge in [-0.25, -0.2) is 4.79 Å². The SMILES string of the molecule is CN(CCN)C(=O)Oc1ccc2c3c1O[C@H]1C(=O)CC[C@@]4(O)[C@@H](C2)[N@@+](C)(CC2CC2)CC[C@]314. The number of quaternary nitrogens is 1. The van der Waals surface area contributed by atoms with E-state index in [1.54, 1.807) is 13.1 Å². The number of hydrogen-bond acceptors (Lipinski definition) is 6. The maximum atomic E-state index is 13.2. The number of benzene rings is 1. The number of ketones is 1. The van der Waals surface area contributed by atoms with E-state index in [1.165, 1.54) is 17.7 Å². The molecule has 8 nitrogen and oxygen atoms in total. The molecule has 0 unspecified atom stereocenters. The van der Waals surface area contributed by atoms with Crippen LogP contribution in [0.15, 0.2) is 12.1 Å². The second-order valence-electron chi connectivity index (χ2n) is 11.2. The van der Waals surface area contributed by atoms with E-state index < -0.39 is 23.2 Å². The molecule has 3 aliphatic carbocycles. The van der Waals surface area contributed by atoms with Gasteiger partial charge in [0, 0.05) is 50.9 Å². The fourth-order valence-electron chi connectivity index (χ4n) is 7.47. The van der Waals surface area contributed by atoms with Crippen molar-refractivity contribution in [2.75, 3.05) is 40.3 Å². The van der Waals surface area contributed by atoms with Crippen LogP contribution in [-0.4, -0.2) is 84.4 Å². The van der Waals surface area contributed by atoms with Crippen molar-refractivity contribution in [2.24, 2.45) is 11.7 Å². The zero-order chi connectivity index (χ0) is 23.2. The lowest BCUT2D eigenvalue weighted by Crippen LogP contribution is -2.80. The summed E-state index contributed by atoms with van der Waals surface area (Å²) in [5.41, 5.74) is 5.83. The highest BCUT2D eigenvalue weighted by molar-refractivity contribution is 5.90. The van der Waals surface area contributed by atoms with Gasteiger partial charge in [-0.3, -0.25) is 4.79 Å². The van der Waals surface area contributed by atoms with Gasteiger partial charge in [-0.05, 0) is 30.9 Å². The van der Waals surface area contributed by atoms with Gasteiger partial charge < -0.3 is 29.7 Å². The van der Waals surface area contributed by atoms with E-state index >= 15 is 0 Å². The summed E-state index contributed by atoms with van der Waals surface area (Å²) in [6, 6.07) is 3.83. The topological polar surface area (TPSA) is 102 Å². The largest absolute Gasteiger partial charge is 0.477 e. The maximum Gasteiger partial charge on any atom is 0.415 e. The number of piperidine rings is 1. The fourth-order valence-corrected chi connectivity index (χ4v) is 7.47. The summed E-state index contributed by atoms with van der Waals surface area (Å²) >= 11 is 0. The number of ether oxygens (including phenoxy) is 2. The van der Waals surface area contributed by atoms with Gasteiger partial charge in [0.15, 0.2) is 23.4 Å². The highest BCUT2D eigenvalue weighted by Crippen LogP contribution is 2.66. The summed E-state index contributed by atoms with van der Waals surface area (Å²) in [5, 5.41) is 12.5. The standard InChI is InChI=1S/C25H34N3O5/c1-27(11-10-26)23(30)32-18-6-5-16-13-19-25(31)8-7-17(29)22-24(25,20(16)21(18)33-22)9-12-28(19,2)14-15-3-4-15/h5-6,15,19,22,31H,3-4,7-14,26H2,1-2H3/q+1/t19-,22+,24+,25-,28-/m1/s1. The Bertz CT molecular complexity index is 1040. The van der Waals surface area contributed by atoms with Crippen molar-refractivity contribution in [2.45, 2.75) is 61.7 Å². The molecule has 0 radical (unpaired) electrons. The summed E-state index contributed by atoms with van der Waals surface area (Å²) in [5.74, 6) is 1.58. The van der Waals surface area contributed by atoms with E-state index in [4.69, 9.17) is 15.2 Å². The van der Waals surface area contributed by atoms with Crippen LogP contribution in [0.1, 0.15) is 43.2 Å². The van der Waals surface area contributed by atoms with Crippen molar-refractivity contribution < 1.29 is 28.7 Å². The maximum absolute atomic E-state index is 13.2. The van der Waals surface area contributed by atoms with Gasteiger partial charge in [-0.15, -0.1) is 0 Å². The highest BCUT2D eigenvalue weighted by atomic mass is 16.6. The number of nitrogens with zero attached hydrogens (tertiary/aromatic N) is 2. The molecule has 5 aliphatic rings. The number of rotatable bonds is 5. The molecule has 8 heteroatoms. The summed E-state index contributed by atoms with van der Waals surface area (Å²) in [6.45, 7) is 2.72. The van der Waals surface area contributed by atoms with Crippen LogP contribution in [0.2, 0.25) is 0 Å². The molecule has 5 atom stereocenters. The minimum atomic E-state index is -1.01. The van der Waals surface area contributed by atoms with Gasteiger partial charge >= 0.3 is 6.09 Å². The number of likely N-dealkylation sites (N-methyl/N-ethyl adjacent to an activating group) is 2. The van der Waals surface area contributed by atoms with Gasteiger partial charge in [0.05, 0.1) is 25.6 Å². The lowest BCUT2D eigenvalue weighted by molar-refractivity contribution is -0.950. The summed E-state index contributed by atoms with van der Waals surface area (Å²) in [4.78, 5) is 27.2. The molecular formula is C25H34N3O5+. The molecule has 33 heavy (non-hydrogen) atoms. The molecule has 178 valence electrons. The molecule has 1 saturated heterocycles. The van der Waals surface area contributed by atoms with E-state index in [2.05, 4.69) is 7.05 Å². The van der Waals surface area contributed by atoms with E-state index in [1.807, 2.05) is 6.07 Å². The Morgan fingerprint density at radius 1 is 1.36 bits per heavy atom. The monoisotopic (exact) mass is 456 g/mol. The number of Topliss-reactive ketones (excluding diaryl/α,β-unsaturated/α-hetero) is 1. The van der Waals surface area contributed by atoms with Gasteiger partial charge in [0.25, 0.3) is 0 Å². The number of amides is 1. The van der Waals surface area contributed by atoms with Crippen molar-refractivity contribution in [1.29, 1.82) is 0 Å². The Kier molecular flexibility index (Phi) is 4.49. The second kappa shape index (κ2) is 6.93. The molecule has 3 fully saturated rings. The summed E-state index contributed by atoms with van der Waals surface area (Å²) in [7, 11) is 3.93. The smallest absolute Gasteiger partial charge is 0.415 e. The van der Waals surface area contributed by atoms with Crippen LogP contribution >= 0.6 is 0 Å². The molecule has 2 heterocycles. The minimum Gasteiger partial charge on any atom is -0.477 e. The number of hydrogen-bond donors (Lipinski definition) is 2. The Labute approximate surface area is 194 Å². The molecule has 1 spiro atoms. The van der Waals surface area contributed by atoms with Crippen molar-refractivity contribution in [3.05, 3.63) is 23.3 Å². The van der Waals surface area contributed by atoms with Gasteiger partial charge in [0.2, 0.25) is 0 Å². The second-order valence-corrected chi connectivity index (χ2v) is 11.2. The van der Waals surface area contributed by atoms with Crippen LogP contribution < -0.4 is 15.2 Å². The van der Waals surface area contributed by atoms with Gasteiger partial charge in [0.1, 0.15) is 11.6 Å². The average molecular weight is 457 g/mol. The van der Waals surface area contributed by atoms with Crippen LogP contribution in [0, 0.1) is 5.92 Å². The van der Waals surface area contributed by atoms with Crippen LogP contribution in [0.4, 0.5) is 4.79 Å². The Morgan fingerprint density at radius 3 is 2.88 bits per heavy atom. The third-order valence-corrected chi connectivity index (χ3v) is 9.23. The number of nitrogens with two attached hydrogens (primary N) is 1. The first kappa shape index (κ1) is 21.4. The summed E-state index contributed by atoms with van der Waals surface area (Å²) in [6.07, 6.45) is 3.56. The van der Waals surface area contributed by atoms with E-state index in [9.17, 15) is 14.7 Å². The highest BCUT2D eigenvalue weighted by Gasteiger charge is 2.76. The minimum absolute atomic E-state index is 0.0357. The zero-order valence-electron chi connectivity index (χ0n) is 19.5. The van der Waals surface area contributed by atoms with Crippen molar-refractivity contribution in [3.8, 4) is 11.5 Å². The van der Waals surface area contributed by atoms with E-state index in [0.29, 0.717) is 43.9 Å². The van der Waals surface area contributed by atoms with Gasteiger partial charge in [-0.1, -0.05) is 6.07 Å². The first-order valence-corrected chi connectivity index (χ1v) is 12.3. The molecule has 2 saturated carbocycles. The van der Waals surface area contributed by atoms with E-state index in [-0.39, 0.29) is 11.8 Å². The van der Waals surface area contributed by atoms with E-state index in [0.717, 1.165) is 41.0 Å². The van der Waals surface area contributed by atoms with Crippen LogP contribution in [-0.2, 0) is 16.6 Å². The lowest BCUT2D eigenvalue weighted by atomic mass is 9.48. The van der Waals surface area contributed by atoms with Crippen LogP contribution in [0.25, 0.3) is 0 Å². The number of likely N-dealkylation sites (tertiary alicyclic amines) is 1. The molecule has 6 rings (SSSR count). The average Bonchev–Trinajstić information content (AvgIpc) is 3.50. The lowest BCUT2D eigenvalue weighted by Gasteiger charge is -2.64. The summed E-state index contributed by atoms with van der Waals surface area (Å²) < 4.78 is 12.9. The Hall–Kier alpha value is -2.16. The normalized spacial score (nSPS) is 37.9. The molecule has 1 aromatic rings. The predicted molar refractivity (Wildman–Crippen MR) is 120 cm³/mol. The molecule has 0 aromatic heterocycles. The first-order valence-electron chi connectivity index (χ1n) is 12.3. The third kappa shape index (κ3) is 2.74. The van der Waals surface area contributed by atoms with Crippen molar-refractivity contribution >= 4 is 11.9 Å². The van der Waals surface area contributed by atoms with Gasteiger partial charge in [-0.2, -0.15) is 0 Å². The quantitative estimate of drug-likeness (QED) is 0.649. The van der Waals surface area contributed by atoms with Crippen LogP contribution in [0.5, 0.6) is 11.5 Å². The Morgan fingerprint density at radius 2 is 2.15 bits per heavy atom. The van der Waals surface area contributed by atoms with Crippen molar-refractivity contribution in [3.63, 3.8) is 0 Å². The zero-order valence-corrected chi connectivity index (χ0v) is 19.5. The predicted octanol–water partition coefficient (Wildman–Crippen LogP) is 1.35. The molecule has 2 aliphatic heterocycles. The number of aliphatic hydroxyl groups is 1. The van der Waals surface area contributed by atoms with Crippen LogP contribution in [0.3, 0.4) is 0 Å². The molecule has 2 bridgehead atoms. The fraction of sp³-hybridized carbons (Fsp3) is 0.680. The molecule has 1 amide bonds. The Balaban J connectivity index is 1.46. The third-order valence-electron chi connectivity index (χ3n) is 9.23. The molecular weight excluding hydrogens is 422 g/mol. The first-order chi connectivity index (χ1) is 15.7.